The molecule has 3 rings (SSSR count). The maximum atomic E-state index is 13.8. The van der Waals surface area contributed by atoms with E-state index in [1.807, 2.05) is 29.2 Å². The zero-order valence-electron chi connectivity index (χ0n) is 14.4. The number of rotatable bonds is 4. The highest BCUT2D eigenvalue weighted by Gasteiger charge is 2.30. The highest BCUT2D eigenvalue weighted by atomic mass is 19.1. The second kappa shape index (κ2) is 7.51. The summed E-state index contributed by atoms with van der Waals surface area (Å²) in [6.45, 7) is 2.46. The summed E-state index contributed by atoms with van der Waals surface area (Å²) >= 11 is 0. The SMILES string of the molecule is COc1ccc(C2CCCN2C(=O)NC(C)c2ccncc2F)cc1. The lowest BCUT2D eigenvalue weighted by atomic mass is 10.0. The number of nitrogens with one attached hydrogen (secondary N) is 1. The summed E-state index contributed by atoms with van der Waals surface area (Å²) in [5, 5.41) is 2.90. The van der Waals surface area contributed by atoms with Crippen LogP contribution in [-0.4, -0.2) is 29.6 Å². The van der Waals surface area contributed by atoms with E-state index < -0.39 is 11.9 Å². The lowest BCUT2D eigenvalue weighted by molar-refractivity contribution is 0.189. The molecule has 6 heteroatoms. The topological polar surface area (TPSA) is 54.5 Å². The van der Waals surface area contributed by atoms with E-state index in [0.29, 0.717) is 12.1 Å². The third-order valence-electron chi connectivity index (χ3n) is 4.62. The van der Waals surface area contributed by atoms with Crippen LogP contribution in [0.3, 0.4) is 0 Å². The van der Waals surface area contributed by atoms with Gasteiger partial charge in [0.1, 0.15) is 11.6 Å². The van der Waals surface area contributed by atoms with Crippen LogP contribution >= 0.6 is 0 Å². The Hall–Kier alpha value is -2.63. The number of carbonyl (C=O) groups excluding carboxylic acids is 1. The maximum absolute atomic E-state index is 13.8. The third kappa shape index (κ3) is 3.73. The lowest BCUT2D eigenvalue weighted by Crippen LogP contribution is -2.40. The number of amides is 2. The Labute approximate surface area is 146 Å². The van der Waals surface area contributed by atoms with Crippen molar-refractivity contribution in [3.63, 3.8) is 0 Å². The molecule has 5 nitrogen and oxygen atoms in total. The summed E-state index contributed by atoms with van der Waals surface area (Å²) in [6.07, 6.45) is 4.55. The fourth-order valence-electron chi connectivity index (χ4n) is 3.27. The zero-order valence-corrected chi connectivity index (χ0v) is 14.4. The highest BCUT2D eigenvalue weighted by Crippen LogP contribution is 2.33. The molecule has 0 radical (unpaired) electrons. The Balaban J connectivity index is 1.71. The maximum Gasteiger partial charge on any atom is 0.318 e. The van der Waals surface area contributed by atoms with Crippen LogP contribution in [0, 0.1) is 5.82 Å². The van der Waals surface area contributed by atoms with Gasteiger partial charge >= 0.3 is 6.03 Å². The Morgan fingerprint density at radius 1 is 1.36 bits per heavy atom. The summed E-state index contributed by atoms with van der Waals surface area (Å²) in [5.74, 6) is 0.378. The summed E-state index contributed by atoms with van der Waals surface area (Å²) < 4.78 is 19.0. The van der Waals surface area contributed by atoms with Gasteiger partial charge in [-0.05, 0) is 43.5 Å². The first-order valence-electron chi connectivity index (χ1n) is 8.40. The van der Waals surface area contributed by atoms with Crippen LogP contribution in [0.25, 0.3) is 0 Å². The number of likely N-dealkylation sites (tertiary alicyclic amines) is 1. The fraction of sp³-hybridized carbons (Fsp3) is 0.368. The number of aromatic nitrogens is 1. The second-order valence-corrected chi connectivity index (χ2v) is 6.19. The molecule has 1 aromatic heterocycles. The molecule has 0 aliphatic carbocycles. The molecule has 0 spiro atoms. The Morgan fingerprint density at radius 2 is 2.12 bits per heavy atom. The van der Waals surface area contributed by atoms with E-state index in [9.17, 15) is 9.18 Å². The average molecular weight is 343 g/mol. The summed E-state index contributed by atoms with van der Waals surface area (Å²) in [4.78, 5) is 18.3. The Morgan fingerprint density at radius 3 is 2.80 bits per heavy atom. The van der Waals surface area contributed by atoms with Crippen molar-refractivity contribution in [3.05, 3.63) is 59.7 Å². The molecule has 1 fully saturated rings. The Bertz CT molecular complexity index is 736. The van der Waals surface area contributed by atoms with Gasteiger partial charge in [-0.2, -0.15) is 0 Å². The molecule has 0 saturated carbocycles. The van der Waals surface area contributed by atoms with Crippen LogP contribution in [0.4, 0.5) is 9.18 Å². The van der Waals surface area contributed by atoms with Gasteiger partial charge in [0.25, 0.3) is 0 Å². The van der Waals surface area contributed by atoms with E-state index in [1.54, 1.807) is 20.1 Å². The standard InChI is InChI=1S/C19H22FN3O2/c1-13(16-9-10-21-12-17(16)20)22-19(24)23-11-3-4-18(23)14-5-7-15(25-2)8-6-14/h5-10,12-13,18H,3-4,11H2,1-2H3,(H,22,24). The predicted octanol–water partition coefficient (Wildman–Crippen LogP) is 3.84. The number of benzene rings is 1. The molecule has 1 aliphatic rings. The van der Waals surface area contributed by atoms with Crippen molar-refractivity contribution in [3.8, 4) is 5.75 Å². The number of hydrogen-bond donors (Lipinski definition) is 1. The van der Waals surface area contributed by atoms with Gasteiger partial charge in [0.2, 0.25) is 0 Å². The number of hydrogen-bond acceptors (Lipinski definition) is 3. The van der Waals surface area contributed by atoms with Gasteiger partial charge in [0.05, 0.1) is 25.4 Å². The zero-order chi connectivity index (χ0) is 17.8. The minimum atomic E-state index is -0.424. The van der Waals surface area contributed by atoms with Crippen LogP contribution in [-0.2, 0) is 0 Å². The minimum Gasteiger partial charge on any atom is -0.497 e. The van der Waals surface area contributed by atoms with Crippen molar-refractivity contribution >= 4 is 6.03 Å². The van der Waals surface area contributed by atoms with Gasteiger partial charge in [-0.1, -0.05) is 12.1 Å². The van der Waals surface area contributed by atoms with Gasteiger partial charge in [0, 0.05) is 18.3 Å². The molecule has 2 aromatic rings. The number of halogens is 1. The first-order valence-corrected chi connectivity index (χ1v) is 8.40. The lowest BCUT2D eigenvalue weighted by Gasteiger charge is -2.27. The van der Waals surface area contributed by atoms with E-state index in [2.05, 4.69) is 10.3 Å². The van der Waals surface area contributed by atoms with Gasteiger partial charge in [0.15, 0.2) is 0 Å². The molecule has 2 atom stereocenters. The summed E-state index contributed by atoms with van der Waals surface area (Å²) in [5.41, 5.74) is 1.51. The molecule has 0 bridgehead atoms. The molecule has 25 heavy (non-hydrogen) atoms. The molecule has 132 valence electrons. The predicted molar refractivity (Wildman–Crippen MR) is 92.8 cm³/mol. The van der Waals surface area contributed by atoms with Crippen molar-refractivity contribution in [1.82, 2.24) is 15.2 Å². The van der Waals surface area contributed by atoms with E-state index in [1.165, 1.54) is 6.20 Å². The van der Waals surface area contributed by atoms with E-state index in [0.717, 1.165) is 30.4 Å². The van der Waals surface area contributed by atoms with Crippen LogP contribution in [0.2, 0.25) is 0 Å². The molecule has 1 aromatic carbocycles. The fourth-order valence-corrected chi connectivity index (χ4v) is 3.27. The van der Waals surface area contributed by atoms with Crippen molar-refractivity contribution in [2.24, 2.45) is 0 Å². The van der Waals surface area contributed by atoms with Gasteiger partial charge in [-0.25, -0.2) is 9.18 Å². The van der Waals surface area contributed by atoms with Gasteiger partial charge < -0.3 is 15.0 Å². The molecule has 2 unspecified atom stereocenters. The highest BCUT2D eigenvalue weighted by molar-refractivity contribution is 5.75. The summed E-state index contributed by atoms with van der Waals surface area (Å²) in [6, 6.07) is 8.79. The number of methoxy groups -OCH3 is 1. The Kier molecular flexibility index (Phi) is 5.16. The quantitative estimate of drug-likeness (QED) is 0.918. The van der Waals surface area contributed by atoms with Crippen molar-refractivity contribution in [1.29, 1.82) is 0 Å². The molecule has 1 N–H and O–H groups in total. The van der Waals surface area contributed by atoms with E-state index >= 15 is 0 Å². The van der Waals surface area contributed by atoms with E-state index in [-0.39, 0.29) is 12.1 Å². The van der Waals surface area contributed by atoms with Crippen LogP contribution in [0.15, 0.2) is 42.7 Å². The number of ether oxygens (including phenoxy) is 1. The van der Waals surface area contributed by atoms with Crippen LogP contribution in [0.1, 0.15) is 43.0 Å². The molecule has 2 heterocycles. The van der Waals surface area contributed by atoms with Crippen molar-refractivity contribution < 1.29 is 13.9 Å². The van der Waals surface area contributed by atoms with Gasteiger partial charge in [-0.3, -0.25) is 4.98 Å². The minimum absolute atomic E-state index is 0.0281. The molecular formula is C19H22FN3O2. The van der Waals surface area contributed by atoms with Crippen molar-refractivity contribution in [2.45, 2.75) is 31.8 Å². The molecule has 2 amide bonds. The molecule has 1 saturated heterocycles. The van der Waals surface area contributed by atoms with Gasteiger partial charge in [-0.15, -0.1) is 0 Å². The summed E-state index contributed by atoms with van der Waals surface area (Å²) in [7, 11) is 1.63. The molecular weight excluding hydrogens is 321 g/mol. The van der Waals surface area contributed by atoms with E-state index in [4.69, 9.17) is 4.74 Å². The monoisotopic (exact) mass is 343 g/mol. The first-order chi connectivity index (χ1) is 12.1. The third-order valence-corrected chi connectivity index (χ3v) is 4.62. The molecule has 1 aliphatic heterocycles. The van der Waals surface area contributed by atoms with Crippen LogP contribution < -0.4 is 10.1 Å². The number of pyridine rings is 1. The number of urea groups is 1. The first kappa shape index (κ1) is 17.2. The number of carbonyl (C=O) groups is 1. The smallest absolute Gasteiger partial charge is 0.318 e. The second-order valence-electron chi connectivity index (χ2n) is 6.19. The van der Waals surface area contributed by atoms with Crippen LogP contribution in [0.5, 0.6) is 5.75 Å². The number of nitrogens with zero attached hydrogens (tertiary/aromatic N) is 2. The van der Waals surface area contributed by atoms with Crippen molar-refractivity contribution in [2.75, 3.05) is 13.7 Å². The normalized spacial score (nSPS) is 18.0. The largest absolute Gasteiger partial charge is 0.497 e. The average Bonchev–Trinajstić information content (AvgIpc) is 3.12.